The van der Waals surface area contributed by atoms with E-state index in [0.717, 1.165) is 25.1 Å². The quantitative estimate of drug-likeness (QED) is 0.777. The van der Waals surface area contributed by atoms with E-state index in [9.17, 15) is 0 Å². The van der Waals surface area contributed by atoms with E-state index in [2.05, 4.69) is 71.1 Å². The molecule has 0 aromatic heterocycles. The van der Waals surface area contributed by atoms with Gasteiger partial charge in [-0.3, -0.25) is 0 Å². The second-order valence-electron chi connectivity index (χ2n) is 6.89. The summed E-state index contributed by atoms with van der Waals surface area (Å²) in [6.07, 6.45) is 2.46. The van der Waals surface area contributed by atoms with Crippen molar-refractivity contribution in [2.45, 2.75) is 71.9 Å². The monoisotopic (exact) mass is 277 g/mol. The van der Waals surface area contributed by atoms with Gasteiger partial charge in [-0.25, -0.2) is 0 Å². The molecule has 0 radical (unpaired) electrons. The first-order chi connectivity index (χ1) is 9.31. The van der Waals surface area contributed by atoms with Gasteiger partial charge in [-0.2, -0.15) is 0 Å². The Morgan fingerprint density at radius 2 is 1.90 bits per heavy atom. The average Bonchev–Trinajstić information content (AvgIpc) is 2.35. The first kappa shape index (κ1) is 17.0. The molecule has 1 aromatic rings. The van der Waals surface area contributed by atoms with Crippen molar-refractivity contribution in [3.63, 3.8) is 0 Å². The second kappa shape index (κ2) is 7.68. The van der Waals surface area contributed by atoms with Gasteiger partial charge in [0.1, 0.15) is 11.9 Å². The molecular formula is C18H31NO. The van der Waals surface area contributed by atoms with Crippen molar-refractivity contribution in [2.75, 3.05) is 6.54 Å². The van der Waals surface area contributed by atoms with Crippen LogP contribution in [0.3, 0.4) is 0 Å². The highest BCUT2D eigenvalue weighted by molar-refractivity contribution is 5.30. The molecule has 0 bridgehead atoms. The normalized spacial score (nSPS) is 13.6. The Bertz CT molecular complexity index is 393. The van der Waals surface area contributed by atoms with Gasteiger partial charge in [-0.1, -0.05) is 39.3 Å². The molecule has 1 N–H and O–H groups in total. The summed E-state index contributed by atoms with van der Waals surface area (Å²) in [5.74, 6) is 1.53. The van der Waals surface area contributed by atoms with E-state index >= 15 is 0 Å². The molecule has 0 saturated heterocycles. The summed E-state index contributed by atoms with van der Waals surface area (Å²) in [4.78, 5) is 0. The zero-order valence-electron chi connectivity index (χ0n) is 14.0. The van der Waals surface area contributed by atoms with E-state index in [4.69, 9.17) is 4.74 Å². The molecule has 0 spiro atoms. The van der Waals surface area contributed by atoms with E-state index in [1.807, 2.05) is 0 Å². The highest BCUT2D eigenvalue weighted by Crippen LogP contribution is 2.21. The highest BCUT2D eigenvalue weighted by atomic mass is 16.5. The van der Waals surface area contributed by atoms with Gasteiger partial charge in [0.15, 0.2) is 0 Å². The number of nitrogens with one attached hydrogen (secondary N) is 1. The van der Waals surface area contributed by atoms with Crippen molar-refractivity contribution in [1.29, 1.82) is 0 Å². The minimum atomic E-state index is 0.134. The highest BCUT2D eigenvalue weighted by Gasteiger charge is 2.15. The first-order valence-electron chi connectivity index (χ1n) is 7.83. The Hall–Kier alpha value is -1.02. The summed E-state index contributed by atoms with van der Waals surface area (Å²) in [6, 6.07) is 8.49. The largest absolute Gasteiger partial charge is 0.489 e. The Morgan fingerprint density at radius 1 is 1.20 bits per heavy atom. The lowest BCUT2D eigenvalue weighted by molar-refractivity contribution is 0.175. The third kappa shape index (κ3) is 6.42. The third-order valence-electron chi connectivity index (χ3n) is 3.30. The molecule has 20 heavy (non-hydrogen) atoms. The Morgan fingerprint density at radius 3 is 2.45 bits per heavy atom. The predicted molar refractivity (Wildman–Crippen MR) is 87.6 cm³/mol. The van der Waals surface area contributed by atoms with E-state index in [0.29, 0.717) is 5.92 Å². The summed E-state index contributed by atoms with van der Waals surface area (Å²) < 4.78 is 6.18. The van der Waals surface area contributed by atoms with Crippen LogP contribution < -0.4 is 10.1 Å². The van der Waals surface area contributed by atoms with Crippen LogP contribution in [0.1, 0.15) is 65.9 Å². The molecule has 1 aromatic carbocycles. The lowest BCUT2D eigenvalue weighted by Gasteiger charge is -2.26. The van der Waals surface area contributed by atoms with Crippen LogP contribution in [0.15, 0.2) is 24.3 Å². The standard InChI is InChI=1S/C18H31NO/c1-7-9-17(13-19-18(4,5)6)20-16-11-8-10-15(12-16)14(2)3/h8,10-12,14,17,19H,7,9,13H2,1-6H3. The molecular weight excluding hydrogens is 246 g/mol. The fourth-order valence-electron chi connectivity index (χ4n) is 2.08. The van der Waals surface area contributed by atoms with Crippen LogP contribution in [0.2, 0.25) is 0 Å². The zero-order valence-corrected chi connectivity index (χ0v) is 14.0. The van der Waals surface area contributed by atoms with Crippen molar-refractivity contribution in [3.8, 4) is 5.75 Å². The smallest absolute Gasteiger partial charge is 0.120 e. The first-order valence-corrected chi connectivity index (χ1v) is 7.83. The molecule has 0 aliphatic carbocycles. The van der Waals surface area contributed by atoms with Crippen LogP contribution in [0.4, 0.5) is 0 Å². The number of benzene rings is 1. The van der Waals surface area contributed by atoms with Gasteiger partial charge in [0, 0.05) is 12.1 Å². The fourth-order valence-corrected chi connectivity index (χ4v) is 2.08. The van der Waals surface area contributed by atoms with Gasteiger partial charge in [0.25, 0.3) is 0 Å². The molecule has 0 saturated carbocycles. The van der Waals surface area contributed by atoms with Crippen molar-refractivity contribution in [2.24, 2.45) is 0 Å². The molecule has 0 amide bonds. The molecule has 0 heterocycles. The molecule has 1 atom stereocenters. The van der Waals surface area contributed by atoms with Gasteiger partial charge in [0.05, 0.1) is 0 Å². The van der Waals surface area contributed by atoms with Gasteiger partial charge in [-0.05, 0) is 50.8 Å². The SMILES string of the molecule is CCCC(CNC(C)(C)C)Oc1cccc(C(C)C)c1. The van der Waals surface area contributed by atoms with E-state index < -0.39 is 0 Å². The van der Waals surface area contributed by atoms with Crippen LogP contribution in [-0.2, 0) is 0 Å². The Kier molecular flexibility index (Phi) is 6.54. The van der Waals surface area contributed by atoms with Crippen molar-refractivity contribution in [3.05, 3.63) is 29.8 Å². The maximum absolute atomic E-state index is 6.18. The minimum Gasteiger partial charge on any atom is -0.489 e. The number of ether oxygens (including phenoxy) is 1. The Balaban J connectivity index is 2.67. The number of hydrogen-bond donors (Lipinski definition) is 1. The summed E-state index contributed by atoms with van der Waals surface area (Å²) in [7, 11) is 0. The maximum atomic E-state index is 6.18. The molecule has 2 nitrogen and oxygen atoms in total. The molecule has 0 aliphatic rings. The van der Waals surface area contributed by atoms with Gasteiger partial charge < -0.3 is 10.1 Å². The van der Waals surface area contributed by atoms with Gasteiger partial charge >= 0.3 is 0 Å². The van der Waals surface area contributed by atoms with Crippen molar-refractivity contribution < 1.29 is 4.74 Å². The molecule has 1 unspecified atom stereocenters. The molecule has 2 heteroatoms. The van der Waals surface area contributed by atoms with Crippen LogP contribution in [0.25, 0.3) is 0 Å². The molecule has 0 fully saturated rings. The number of hydrogen-bond acceptors (Lipinski definition) is 2. The van der Waals surface area contributed by atoms with E-state index in [1.54, 1.807) is 0 Å². The second-order valence-corrected chi connectivity index (χ2v) is 6.89. The van der Waals surface area contributed by atoms with Crippen LogP contribution in [-0.4, -0.2) is 18.2 Å². The topological polar surface area (TPSA) is 21.3 Å². The van der Waals surface area contributed by atoms with Crippen LogP contribution in [0, 0.1) is 0 Å². The summed E-state index contributed by atoms with van der Waals surface area (Å²) in [5, 5.41) is 3.54. The van der Waals surface area contributed by atoms with Gasteiger partial charge in [-0.15, -0.1) is 0 Å². The predicted octanol–water partition coefficient (Wildman–Crippen LogP) is 4.75. The minimum absolute atomic E-state index is 0.134. The molecule has 0 aliphatic heterocycles. The number of rotatable bonds is 7. The summed E-state index contributed by atoms with van der Waals surface area (Å²) >= 11 is 0. The third-order valence-corrected chi connectivity index (χ3v) is 3.30. The van der Waals surface area contributed by atoms with Crippen molar-refractivity contribution in [1.82, 2.24) is 5.32 Å². The summed E-state index contributed by atoms with van der Waals surface area (Å²) in [5.41, 5.74) is 1.47. The van der Waals surface area contributed by atoms with Crippen LogP contribution >= 0.6 is 0 Å². The fraction of sp³-hybridized carbons (Fsp3) is 0.667. The zero-order chi connectivity index (χ0) is 15.2. The maximum Gasteiger partial charge on any atom is 0.120 e. The molecule has 1 rings (SSSR count). The van der Waals surface area contributed by atoms with Gasteiger partial charge in [0.2, 0.25) is 0 Å². The Labute approximate surface area is 124 Å². The van der Waals surface area contributed by atoms with E-state index in [-0.39, 0.29) is 11.6 Å². The lowest BCUT2D eigenvalue weighted by atomic mass is 10.0. The van der Waals surface area contributed by atoms with E-state index in [1.165, 1.54) is 5.56 Å². The van der Waals surface area contributed by atoms with Crippen LogP contribution in [0.5, 0.6) is 5.75 Å². The summed E-state index contributed by atoms with van der Waals surface area (Å²) in [6.45, 7) is 14.1. The average molecular weight is 277 g/mol. The van der Waals surface area contributed by atoms with Crippen molar-refractivity contribution >= 4 is 0 Å². The lowest BCUT2D eigenvalue weighted by Crippen LogP contribution is -2.42. The molecule has 114 valence electrons.